The van der Waals surface area contributed by atoms with Crippen molar-refractivity contribution in [1.29, 1.82) is 0 Å². The molecule has 0 spiro atoms. The van der Waals surface area contributed by atoms with Crippen LogP contribution in [0, 0.1) is 6.92 Å². The molecule has 3 aromatic rings. The van der Waals surface area contributed by atoms with Crippen LogP contribution in [0.3, 0.4) is 0 Å². The SMILES string of the molecule is Cc1cccc2nc(CCl)n(-c3ccc(Br)c(Cl)c3Cl)c12. The van der Waals surface area contributed by atoms with Crippen LogP contribution in [0.15, 0.2) is 34.8 Å². The van der Waals surface area contributed by atoms with Crippen molar-refractivity contribution < 1.29 is 0 Å². The molecular formula is C15H10BrCl3N2. The Morgan fingerprint density at radius 2 is 1.90 bits per heavy atom. The third kappa shape index (κ3) is 2.46. The maximum Gasteiger partial charge on any atom is 0.129 e. The van der Waals surface area contributed by atoms with E-state index in [1.165, 1.54) is 0 Å². The Morgan fingerprint density at radius 1 is 1.14 bits per heavy atom. The molecule has 0 saturated carbocycles. The molecule has 0 N–H and O–H groups in total. The average Bonchev–Trinajstić information content (AvgIpc) is 2.85. The summed E-state index contributed by atoms with van der Waals surface area (Å²) >= 11 is 22.1. The molecule has 6 heteroatoms. The first kappa shape index (κ1) is 15.2. The van der Waals surface area contributed by atoms with Crippen molar-refractivity contribution >= 4 is 61.8 Å². The lowest BCUT2D eigenvalue weighted by atomic mass is 10.2. The van der Waals surface area contributed by atoms with E-state index in [4.69, 9.17) is 34.8 Å². The standard InChI is InChI=1S/C15H10BrCl3N2/c1-8-3-2-4-10-15(8)21(12(7-17)20-10)11-6-5-9(16)13(18)14(11)19/h2-6H,7H2,1H3. The monoisotopic (exact) mass is 402 g/mol. The number of alkyl halides is 1. The fourth-order valence-electron chi connectivity index (χ4n) is 2.38. The molecule has 0 fully saturated rings. The van der Waals surface area contributed by atoms with Crippen LogP contribution >= 0.6 is 50.7 Å². The second-order valence-corrected chi connectivity index (χ2v) is 6.51. The van der Waals surface area contributed by atoms with Crippen molar-refractivity contribution in [1.82, 2.24) is 9.55 Å². The summed E-state index contributed by atoms with van der Waals surface area (Å²) in [4.78, 5) is 4.58. The van der Waals surface area contributed by atoms with Crippen LogP contribution in [0.5, 0.6) is 0 Å². The highest BCUT2D eigenvalue weighted by Gasteiger charge is 2.17. The fraction of sp³-hybridized carbons (Fsp3) is 0.133. The smallest absolute Gasteiger partial charge is 0.129 e. The van der Waals surface area contributed by atoms with Crippen LogP contribution in [-0.2, 0) is 5.88 Å². The van der Waals surface area contributed by atoms with Crippen LogP contribution in [-0.4, -0.2) is 9.55 Å². The third-order valence-corrected chi connectivity index (χ3v) is 5.32. The molecule has 0 bridgehead atoms. The Hall–Kier alpha value is -0.740. The molecule has 3 rings (SSSR count). The van der Waals surface area contributed by atoms with Gasteiger partial charge in [0.15, 0.2) is 0 Å². The van der Waals surface area contributed by atoms with Gasteiger partial charge < -0.3 is 0 Å². The van der Waals surface area contributed by atoms with E-state index in [0.29, 0.717) is 10.0 Å². The van der Waals surface area contributed by atoms with E-state index in [9.17, 15) is 0 Å². The van der Waals surface area contributed by atoms with Gasteiger partial charge in [-0.3, -0.25) is 4.57 Å². The molecule has 2 aromatic carbocycles. The van der Waals surface area contributed by atoms with E-state index >= 15 is 0 Å². The van der Waals surface area contributed by atoms with E-state index in [2.05, 4.69) is 20.9 Å². The predicted molar refractivity (Wildman–Crippen MR) is 93.1 cm³/mol. The highest BCUT2D eigenvalue weighted by atomic mass is 79.9. The third-order valence-electron chi connectivity index (χ3n) is 3.32. The lowest BCUT2D eigenvalue weighted by Crippen LogP contribution is -2.01. The van der Waals surface area contributed by atoms with E-state index in [0.717, 1.165) is 32.6 Å². The number of imidazole rings is 1. The minimum atomic E-state index is 0.290. The zero-order valence-corrected chi connectivity index (χ0v) is 14.9. The van der Waals surface area contributed by atoms with Gasteiger partial charge in [-0.1, -0.05) is 35.3 Å². The maximum atomic E-state index is 6.42. The highest BCUT2D eigenvalue weighted by molar-refractivity contribution is 9.10. The zero-order valence-electron chi connectivity index (χ0n) is 11.0. The van der Waals surface area contributed by atoms with Gasteiger partial charge in [-0.2, -0.15) is 0 Å². The number of fused-ring (bicyclic) bond motifs is 1. The van der Waals surface area contributed by atoms with Gasteiger partial charge >= 0.3 is 0 Å². The molecule has 0 saturated heterocycles. The lowest BCUT2D eigenvalue weighted by Gasteiger charge is -2.13. The van der Waals surface area contributed by atoms with Crippen molar-refractivity contribution in [2.75, 3.05) is 0 Å². The first-order chi connectivity index (χ1) is 10.0. The molecule has 1 aromatic heterocycles. The summed E-state index contributed by atoms with van der Waals surface area (Å²) < 4.78 is 2.73. The maximum absolute atomic E-state index is 6.42. The Morgan fingerprint density at radius 3 is 2.62 bits per heavy atom. The Labute approximate surface area is 145 Å². The molecule has 0 aliphatic rings. The summed E-state index contributed by atoms with van der Waals surface area (Å²) in [6.07, 6.45) is 0. The van der Waals surface area contributed by atoms with Crippen molar-refractivity contribution in [3.05, 3.63) is 56.2 Å². The topological polar surface area (TPSA) is 17.8 Å². The largest absolute Gasteiger partial charge is 0.293 e. The van der Waals surface area contributed by atoms with Crippen LogP contribution in [0.25, 0.3) is 16.7 Å². The molecule has 1 heterocycles. The van der Waals surface area contributed by atoms with Gasteiger partial charge in [-0.25, -0.2) is 4.98 Å². The van der Waals surface area contributed by atoms with Crippen LogP contribution in [0.4, 0.5) is 0 Å². The summed E-state index contributed by atoms with van der Waals surface area (Å²) in [5, 5.41) is 0.949. The predicted octanol–water partition coefficient (Wildman–Crippen LogP) is 6.14. The summed E-state index contributed by atoms with van der Waals surface area (Å²) in [5.74, 6) is 1.03. The van der Waals surface area contributed by atoms with Gasteiger partial charge in [-0.05, 0) is 46.6 Å². The number of hydrogen-bond donors (Lipinski definition) is 0. The van der Waals surface area contributed by atoms with Crippen LogP contribution < -0.4 is 0 Å². The Kier molecular flexibility index (Phi) is 4.19. The van der Waals surface area contributed by atoms with Crippen LogP contribution in [0.2, 0.25) is 10.0 Å². The van der Waals surface area contributed by atoms with E-state index in [1.54, 1.807) is 0 Å². The second-order valence-electron chi connectivity index (χ2n) is 4.63. The Balaban J connectivity index is 2.42. The van der Waals surface area contributed by atoms with Gasteiger partial charge in [0.05, 0.1) is 32.6 Å². The molecular weight excluding hydrogens is 394 g/mol. The van der Waals surface area contributed by atoms with Gasteiger partial charge in [0, 0.05) is 4.47 Å². The number of aryl methyl sites for hydroxylation is 1. The van der Waals surface area contributed by atoms with E-state index < -0.39 is 0 Å². The molecule has 2 nitrogen and oxygen atoms in total. The molecule has 0 unspecified atom stereocenters. The summed E-state index contributed by atoms with van der Waals surface area (Å²) in [6.45, 7) is 2.03. The van der Waals surface area contributed by atoms with Crippen LogP contribution in [0.1, 0.15) is 11.4 Å². The van der Waals surface area contributed by atoms with Crippen molar-refractivity contribution in [2.45, 2.75) is 12.8 Å². The summed E-state index contributed by atoms with van der Waals surface area (Å²) in [7, 11) is 0. The van der Waals surface area contributed by atoms with Gasteiger partial charge in [-0.15, -0.1) is 11.6 Å². The number of halogens is 4. The number of para-hydroxylation sites is 1. The van der Waals surface area contributed by atoms with Crippen molar-refractivity contribution in [2.24, 2.45) is 0 Å². The van der Waals surface area contributed by atoms with Crippen molar-refractivity contribution in [3.8, 4) is 5.69 Å². The number of rotatable bonds is 2. The van der Waals surface area contributed by atoms with E-state index in [-0.39, 0.29) is 5.88 Å². The lowest BCUT2D eigenvalue weighted by molar-refractivity contribution is 0.979. The van der Waals surface area contributed by atoms with Crippen molar-refractivity contribution in [3.63, 3.8) is 0 Å². The molecule has 0 radical (unpaired) electrons. The van der Waals surface area contributed by atoms with Gasteiger partial charge in [0.25, 0.3) is 0 Å². The molecule has 108 valence electrons. The number of nitrogens with zero attached hydrogens (tertiary/aromatic N) is 2. The summed E-state index contributed by atoms with van der Waals surface area (Å²) in [6, 6.07) is 9.74. The highest BCUT2D eigenvalue weighted by Crippen LogP contribution is 2.37. The molecule has 0 atom stereocenters. The Bertz CT molecular complexity index is 843. The quantitative estimate of drug-likeness (QED) is 0.370. The molecule has 21 heavy (non-hydrogen) atoms. The first-order valence-corrected chi connectivity index (χ1v) is 8.29. The molecule has 0 aliphatic heterocycles. The van der Waals surface area contributed by atoms with Gasteiger partial charge in [0.1, 0.15) is 5.82 Å². The molecule has 0 aliphatic carbocycles. The first-order valence-electron chi connectivity index (χ1n) is 6.21. The number of hydrogen-bond acceptors (Lipinski definition) is 1. The van der Waals surface area contributed by atoms with Gasteiger partial charge in [0.2, 0.25) is 0 Å². The second kappa shape index (κ2) is 5.81. The molecule has 0 amide bonds. The zero-order chi connectivity index (χ0) is 15.1. The van der Waals surface area contributed by atoms with E-state index in [1.807, 2.05) is 41.8 Å². The minimum absolute atomic E-state index is 0.290. The number of benzene rings is 2. The fourth-order valence-corrected chi connectivity index (χ4v) is 3.41. The summed E-state index contributed by atoms with van der Waals surface area (Å²) in [5.41, 5.74) is 3.76. The number of aromatic nitrogens is 2. The average molecular weight is 405 g/mol. The normalized spacial score (nSPS) is 11.3. The minimum Gasteiger partial charge on any atom is -0.293 e.